The highest BCUT2D eigenvalue weighted by Crippen LogP contribution is 2.21. The van der Waals surface area contributed by atoms with E-state index in [0.717, 1.165) is 5.56 Å². The molecule has 1 aliphatic heterocycles. The number of carbonyl (C=O) groups excluding carboxylic acids is 1. The summed E-state index contributed by atoms with van der Waals surface area (Å²) in [5, 5.41) is 0. The van der Waals surface area contributed by atoms with Crippen LogP contribution in [0.3, 0.4) is 0 Å². The second kappa shape index (κ2) is 5.45. The summed E-state index contributed by atoms with van der Waals surface area (Å²) >= 11 is 0. The molecule has 0 radical (unpaired) electrons. The van der Waals surface area contributed by atoms with Crippen LogP contribution >= 0.6 is 0 Å². The third-order valence-electron chi connectivity index (χ3n) is 3.71. The molecular weight excluding hydrogens is 260 g/mol. The van der Waals surface area contributed by atoms with Crippen molar-refractivity contribution in [1.82, 2.24) is 0 Å². The molecule has 0 aromatic heterocycles. The molecule has 1 atom stereocenters. The van der Waals surface area contributed by atoms with E-state index in [4.69, 9.17) is 0 Å². The molecule has 19 heavy (non-hydrogen) atoms. The van der Waals surface area contributed by atoms with Gasteiger partial charge in [-0.25, -0.2) is 8.42 Å². The number of carbonyl (C=O) groups is 1. The van der Waals surface area contributed by atoms with Gasteiger partial charge < -0.3 is 0 Å². The van der Waals surface area contributed by atoms with Gasteiger partial charge in [0.25, 0.3) is 0 Å². The van der Waals surface area contributed by atoms with Gasteiger partial charge in [0.2, 0.25) is 0 Å². The van der Waals surface area contributed by atoms with Crippen molar-refractivity contribution in [3.8, 4) is 0 Å². The SMILES string of the molecule is CC(C)c1ccc(CC(=O)C2CCS(=O)(=O)C2)cc1. The molecule has 0 saturated carbocycles. The quantitative estimate of drug-likeness (QED) is 0.850. The molecule has 3 nitrogen and oxygen atoms in total. The predicted octanol–water partition coefficient (Wildman–Crippen LogP) is 2.36. The van der Waals surface area contributed by atoms with E-state index in [1.165, 1.54) is 5.56 Å². The number of rotatable bonds is 4. The topological polar surface area (TPSA) is 51.2 Å². The van der Waals surface area contributed by atoms with Crippen molar-refractivity contribution >= 4 is 15.6 Å². The maximum absolute atomic E-state index is 12.1. The summed E-state index contributed by atoms with van der Waals surface area (Å²) in [4.78, 5) is 12.1. The minimum atomic E-state index is -2.97. The van der Waals surface area contributed by atoms with E-state index in [-0.39, 0.29) is 23.2 Å². The summed E-state index contributed by atoms with van der Waals surface area (Å²) in [6.07, 6.45) is 0.837. The van der Waals surface area contributed by atoms with Crippen LogP contribution in [0, 0.1) is 5.92 Å². The van der Waals surface area contributed by atoms with Crippen LogP contribution in [0.2, 0.25) is 0 Å². The van der Waals surface area contributed by atoms with E-state index in [2.05, 4.69) is 13.8 Å². The van der Waals surface area contributed by atoms with Crippen molar-refractivity contribution in [3.05, 3.63) is 35.4 Å². The van der Waals surface area contributed by atoms with Crippen molar-refractivity contribution in [1.29, 1.82) is 0 Å². The molecule has 1 aromatic carbocycles. The van der Waals surface area contributed by atoms with Crippen molar-refractivity contribution in [2.45, 2.75) is 32.6 Å². The number of hydrogen-bond acceptors (Lipinski definition) is 3. The molecule has 0 aliphatic carbocycles. The lowest BCUT2D eigenvalue weighted by atomic mass is 9.95. The van der Waals surface area contributed by atoms with Gasteiger partial charge in [-0.2, -0.15) is 0 Å². The Labute approximate surface area is 114 Å². The first-order valence-electron chi connectivity index (χ1n) is 6.69. The highest BCUT2D eigenvalue weighted by Gasteiger charge is 2.32. The first kappa shape index (κ1) is 14.3. The monoisotopic (exact) mass is 280 g/mol. The van der Waals surface area contributed by atoms with E-state index < -0.39 is 9.84 Å². The van der Waals surface area contributed by atoms with Crippen LogP contribution < -0.4 is 0 Å². The van der Waals surface area contributed by atoms with Gasteiger partial charge in [0.05, 0.1) is 11.5 Å². The molecule has 0 bridgehead atoms. The van der Waals surface area contributed by atoms with Crippen LogP contribution in [0.1, 0.15) is 37.3 Å². The Morgan fingerprint density at radius 1 is 1.26 bits per heavy atom. The summed E-state index contributed by atoms with van der Waals surface area (Å²) in [6, 6.07) is 8.02. The molecule has 4 heteroatoms. The molecule has 1 unspecified atom stereocenters. The van der Waals surface area contributed by atoms with E-state index >= 15 is 0 Å². The van der Waals surface area contributed by atoms with Crippen LogP contribution in [0.25, 0.3) is 0 Å². The first-order valence-corrected chi connectivity index (χ1v) is 8.51. The van der Waals surface area contributed by atoms with Crippen LogP contribution in [-0.2, 0) is 21.1 Å². The predicted molar refractivity (Wildman–Crippen MR) is 76.0 cm³/mol. The van der Waals surface area contributed by atoms with Crippen molar-refractivity contribution in [3.63, 3.8) is 0 Å². The minimum Gasteiger partial charge on any atom is -0.299 e. The molecule has 0 spiro atoms. The Morgan fingerprint density at radius 2 is 1.89 bits per heavy atom. The molecule has 1 aliphatic rings. The summed E-state index contributed by atoms with van der Waals surface area (Å²) in [5.41, 5.74) is 2.22. The minimum absolute atomic E-state index is 0.0376. The number of ketones is 1. The molecule has 1 aromatic rings. The van der Waals surface area contributed by atoms with E-state index in [1.54, 1.807) is 0 Å². The van der Waals surface area contributed by atoms with Gasteiger partial charge in [-0.15, -0.1) is 0 Å². The zero-order chi connectivity index (χ0) is 14.0. The van der Waals surface area contributed by atoms with Gasteiger partial charge in [-0.05, 0) is 23.5 Å². The Bertz CT molecular complexity index is 556. The lowest BCUT2D eigenvalue weighted by molar-refractivity contribution is -0.121. The molecule has 1 heterocycles. The second-order valence-corrected chi connectivity index (χ2v) is 7.87. The first-order chi connectivity index (χ1) is 8.87. The van der Waals surface area contributed by atoms with E-state index in [0.29, 0.717) is 18.8 Å². The van der Waals surface area contributed by atoms with Crippen molar-refractivity contribution < 1.29 is 13.2 Å². The Kier molecular flexibility index (Phi) is 4.09. The van der Waals surface area contributed by atoms with Gasteiger partial charge in [0.15, 0.2) is 9.84 Å². The fraction of sp³-hybridized carbons (Fsp3) is 0.533. The van der Waals surface area contributed by atoms with Gasteiger partial charge in [-0.3, -0.25) is 4.79 Å². The van der Waals surface area contributed by atoms with Gasteiger partial charge >= 0.3 is 0 Å². The van der Waals surface area contributed by atoms with E-state index in [1.807, 2.05) is 24.3 Å². The van der Waals surface area contributed by atoms with Gasteiger partial charge in [0.1, 0.15) is 5.78 Å². The Hall–Kier alpha value is -1.16. The molecule has 104 valence electrons. The molecular formula is C15H20O3S. The second-order valence-electron chi connectivity index (χ2n) is 5.64. The van der Waals surface area contributed by atoms with Crippen LogP contribution in [-0.4, -0.2) is 25.7 Å². The number of hydrogen-bond donors (Lipinski definition) is 0. The summed E-state index contributed by atoms with van der Waals surface area (Å²) in [7, 11) is -2.97. The zero-order valence-corrected chi connectivity index (χ0v) is 12.2. The fourth-order valence-electron chi connectivity index (χ4n) is 2.41. The largest absolute Gasteiger partial charge is 0.299 e. The van der Waals surface area contributed by atoms with Gasteiger partial charge in [-0.1, -0.05) is 38.1 Å². The third kappa shape index (κ3) is 3.66. The number of Topliss-reactive ketones (excluding diaryl/α,β-unsaturated/α-hetero) is 1. The lowest BCUT2D eigenvalue weighted by Gasteiger charge is -2.09. The van der Waals surface area contributed by atoms with Crippen LogP contribution in [0.5, 0.6) is 0 Å². The Balaban J connectivity index is 1.99. The highest BCUT2D eigenvalue weighted by atomic mass is 32.2. The molecule has 2 rings (SSSR count). The smallest absolute Gasteiger partial charge is 0.151 e. The highest BCUT2D eigenvalue weighted by molar-refractivity contribution is 7.91. The van der Waals surface area contributed by atoms with Crippen LogP contribution in [0.4, 0.5) is 0 Å². The average molecular weight is 280 g/mol. The zero-order valence-electron chi connectivity index (χ0n) is 11.4. The standard InChI is InChI=1S/C15H20O3S/c1-11(2)13-5-3-12(4-6-13)9-15(16)14-7-8-19(17,18)10-14/h3-6,11,14H,7-10H2,1-2H3. The molecule has 1 fully saturated rings. The normalized spacial score (nSPS) is 21.7. The molecule has 0 N–H and O–H groups in total. The third-order valence-corrected chi connectivity index (χ3v) is 5.48. The van der Waals surface area contributed by atoms with Gasteiger partial charge in [0, 0.05) is 12.3 Å². The fourth-order valence-corrected chi connectivity index (χ4v) is 4.19. The number of benzene rings is 1. The Morgan fingerprint density at radius 3 is 2.37 bits per heavy atom. The van der Waals surface area contributed by atoms with Crippen molar-refractivity contribution in [2.75, 3.05) is 11.5 Å². The molecule has 1 saturated heterocycles. The number of sulfone groups is 1. The summed E-state index contributed by atoms with van der Waals surface area (Å²) < 4.78 is 22.7. The van der Waals surface area contributed by atoms with E-state index in [9.17, 15) is 13.2 Å². The van der Waals surface area contributed by atoms with Crippen LogP contribution in [0.15, 0.2) is 24.3 Å². The maximum atomic E-state index is 12.1. The molecule has 0 amide bonds. The average Bonchev–Trinajstić information content (AvgIpc) is 2.70. The summed E-state index contributed by atoms with van der Waals surface area (Å²) in [6.45, 7) is 4.26. The summed E-state index contributed by atoms with van der Waals surface area (Å²) in [5.74, 6) is 0.434. The maximum Gasteiger partial charge on any atom is 0.151 e. The lowest BCUT2D eigenvalue weighted by Crippen LogP contribution is -2.18. The van der Waals surface area contributed by atoms with Crippen molar-refractivity contribution in [2.24, 2.45) is 5.92 Å².